The van der Waals surface area contributed by atoms with Crippen LogP contribution >= 0.6 is 0 Å². The molecule has 1 aromatic carbocycles. The SMILES string of the molecule is CNc1cc(C)nc(C2CN(C(=O)c3cccc(OC)c3)CCO2)c1. The Bertz CT molecular complexity index is 763. The Morgan fingerprint density at radius 2 is 2.20 bits per heavy atom. The van der Waals surface area contributed by atoms with Crippen LogP contribution in [0.15, 0.2) is 36.4 Å². The molecule has 0 radical (unpaired) electrons. The maximum absolute atomic E-state index is 12.8. The number of nitrogens with one attached hydrogen (secondary N) is 1. The summed E-state index contributed by atoms with van der Waals surface area (Å²) < 4.78 is 11.1. The number of hydrogen-bond donors (Lipinski definition) is 1. The summed E-state index contributed by atoms with van der Waals surface area (Å²) in [6, 6.07) is 11.2. The van der Waals surface area contributed by atoms with Gasteiger partial charge < -0.3 is 19.7 Å². The van der Waals surface area contributed by atoms with Gasteiger partial charge in [0.15, 0.2) is 0 Å². The number of ether oxygens (including phenoxy) is 2. The average Bonchev–Trinajstić information content (AvgIpc) is 2.67. The van der Waals surface area contributed by atoms with E-state index in [2.05, 4.69) is 10.3 Å². The number of morpholine rings is 1. The molecule has 25 heavy (non-hydrogen) atoms. The van der Waals surface area contributed by atoms with Crippen molar-refractivity contribution in [1.82, 2.24) is 9.88 Å². The van der Waals surface area contributed by atoms with E-state index in [0.29, 0.717) is 31.0 Å². The molecular weight excluding hydrogens is 318 g/mol. The number of nitrogens with zero attached hydrogens (tertiary/aromatic N) is 2. The molecule has 6 nitrogen and oxygen atoms in total. The first-order valence-electron chi connectivity index (χ1n) is 8.32. The Kier molecular flexibility index (Phi) is 5.19. The van der Waals surface area contributed by atoms with Crippen LogP contribution in [0, 0.1) is 6.92 Å². The zero-order valence-corrected chi connectivity index (χ0v) is 14.8. The van der Waals surface area contributed by atoms with Gasteiger partial charge in [-0.2, -0.15) is 0 Å². The first-order valence-corrected chi connectivity index (χ1v) is 8.32. The Balaban J connectivity index is 1.78. The van der Waals surface area contributed by atoms with Crippen LogP contribution in [0.25, 0.3) is 0 Å². The number of anilines is 1. The lowest BCUT2D eigenvalue weighted by Gasteiger charge is -2.33. The monoisotopic (exact) mass is 341 g/mol. The van der Waals surface area contributed by atoms with Gasteiger partial charge in [-0.05, 0) is 37.3 Å². The number of benzene rings is 1. The second kappa shape index (κ2) is 7.53. The number of amides is 1. The Morgan fingerprint density at radius 1 is 1.36 bits per heavy atom. The summed E-state index contributed by atoms with van der Waals surface area (Å²) in [4.78, 5) is 19.2. The molecule has 1 amide bonds. The van der Waals surface area contributed by atoms with Gasteiger partial charge in [0, 0.05) is 30.5 Å². The summed E-state index contributed by atoms with van der Waals surface area (Å²) >= 11 is 0. The van der Waals surface area contributed by atoms with Crippen LogP contribution in [0.4, 0.5) is 5.69 Å². The fourth-order valence-electron chi connectivity index (χ4n) is 2.95. The summed E-state index contributed by atoms with van der Waals surface area (Å²) in [5.74, 6) is 0.656. The zero-order chi connectivity index (χ0) is 17.8. The fraction of sp³-hybridized carbons (Fsp3) is 0.368. The normalized spacial score (nSPS) is 17.2. The molecule has 1 aliphatic heterocycles. The molecule has 2 aromatic rings. The van der Waals surface area contributed by atoms with Crippen LogP contribution in [0.2, 0.25) is 0 Å². The summed E-state index contributed by atoms with van der Waals surface area (Å²) in [5, 5.41) is 3.13. The van der Waals surface area contributed by atoms with Crippen LogP contribution in [0.1, 0.15) is 27.8 Å². The van der Waals surface area contributed by atoms with Crippen LogP contribution in [0.3, 0.4) is 0 Å². The number of rotatable bonds is 4. The highest BCUT2D eigenvalue weighted by Gasteiger charge is 2.27. The number of carbonyl (C=O) groups excluding carboxylic acids is 1. The summed E-state index contributed by atoms with van der Waals surface area (Å²) in [6.45, 7) is 3.49. The highest BCUT2D eigenvalue weighted by molar-refractivity contribution is 5.94. The van der Waals surface area contributed by atoms with E-state index in [-0.39, 0.29) is 12.0 Å². The van der Waals surface area contributed by atoms with Gasteiger partial charge >= 0.3 is 0 Å². The van der Waals surface area contributed by atoms with Crippen LogP contribution in [-0.4, -0.2) is 49.6 Å². The average molecular weight is 341 g/mol. The molecule has 0 bridgehead atoms. The van der Waals surface area contributed by atoms with Crippen LogP contribution in [-0.2, 0) is 4.74 Å². The quantitative estimate of drug-likeness (QED) is 0.926. The molecule has 2 heterocycles. The molecule has 0 saturated carbocycles. The third kappa shape index (κ3) is 3.91. The van der Waals surface area contributed by atoms with E-state index in [1.54, 1.807) is 19.2 Å². The van der Waals surface area contributed by atoms with E-state index in [1.165, 1.54) is 0 Å². The minimum Gasteiger partial charge on any atom is -0.497 e. The van der Waals surface area contributed by atoms with E-state index >= 15 is 0 Å². The van der Waals surface area contributed by atoms with Gasteiger partial charge in [0.05, 0.1) is 26.0 Å². The van der Waals surface area contributed by atoms with E-state index < -0.39 is 0 Å². The van der Waals surface area contributed by atoms with Gasteiger partial charge in [-0.15, -0.1) is 0 Å². The molecule has 3 rings (SSSR count). The van der Waals surface area contributed by atoms with Crippen molar-refractivity contribution < 1.29 is 14.3 Å². The topological polar surface area (TPSA) is 63.7 Å². The third-order valence-corrected chi connectivity index (χ3v) is 4.26. The van der Waals surface area contributed by atoms with Crippen molar-refractivity contribution in [2.24, 2.45) is 0 Å². The number of hydrogen-bond acceptors (Lipinski definition) is 5. The molecule has 1 aliphatic rings. The highest BCUT2D eigenvalue weighted by Crippen LogP contribution is 2.25. The van der Waals surface area contributed by atoms with E-state index in [0.717, 1.165) is 17.1 Å². The van der Waals surface area contributed by atoms with Gasteiger partial charge in [0.25, 0.3) is 5.91 Å². The highest BCUT2D eigenvalue weighted by atomic mass is 16.5. The lowest BCUT2D eigenvalue weighted by Crippen LogP contribution is -2.42. The predicted octanol–water partition coefficient (Wildman–Crippen LogP) is 2.65. The molecule has 6 heteroatoms. The molecule has 132 valence electrons. The second-order valence-corrected chi connectivity index (χ2v) is 6.01. The first-order chi connectivity index (χ1) is 12.1. The predicted molar refractivity (Wildman–Crippen MR) is 96.1 cm³/mol. The van der Waals surface area contributed by atoms with Crippen molar-refractivity contribution in [1.29, 1.82) is 0 Å². The Hall–Kier alpha value is -2.60. The molecule has 0 aliphatic carbocycles. The lowest BCUT2D eigenvalue weighted by atomic mass is 10.1. The van der Waals surface area contributed by atoms with Gasteiger partial charge in [-0.1, -0.05) is 6.07 Å². The number of carbonyl (C=O) groups is 1. The summed E-state index contributed by atoms with van der Waals surface area (Å²) in [7, 11) is 3.47. The molecular formula is C19H23N3O3. The Labute approximate surface area is 147 Å². The zero-order valence-electron chi connectivity index (χ0n) is 14.8. The third-order valence-electron chi connectivity index (χ3n) is 4.26. The van der Waals surface area contributed by atoms with E-state index in [9.17, 15) is 4.79 Å². The minimum atomic E-state index is -0.227. The van der Waals surface area contributed by atoms with Crippen LogP contribution < -0.4 is 10.1 Å². The van der Waals surface area contributed by atoms with Gasteiger partial charge in [-0.3, -0.25) is 9.78 Å². The molecule has 0 spiro atoms. The largest absolute Gasteiger partial charge is 0.497 e. The number of pyridine rings is 1. The lowest BCUT2D eigenvalue weighted by molar-refractivity contribution is -0.0247. The molecule has 1 aromatic heterocycles. The molecule has 1 saturated heterocycles. The van der Waals surface area contributed by atoms with Crippen molar-refractivity contribution in [3.8, 4) is 5.75 Å². The van der Waals surface area contributed by atoms with Gasteiger partial charge in [0.1, 0.15) is 11.9 Å². The molecule has 1 N–H and O–H groups in total. The van der Waals surface area contributed by atoms with E-state index in [4.69, 9.17) is 9.47 Å². The van der Waals surface area contributed by atoms with Gasteiger partial charge in [0.2, 0.25) is 0 Å². The van der Waals surface area contributed by atoms with E-state index in [1.807, 2.05) is 43.1 Å². The van der Waals surface area contributed by atoms with Crippen LogP contribution in [0.5, 0.6) is 5.75 Å². The number of aryl methyl sites for hydroxylation is 1. The van der Waals surface area contributed by atoms with Crippen molar-refractivity contribution in [3.05, 3.63) is 53.3 Å². The number of aromatic nitrogens is 1. The Morgan fingerprint density at radius 3 is 2.96 bits per heavy atom. The second-order valence-electron chi connectivity index (χ2n) is 6.01. The van der Waals surface area contributed by atoms with Crippen molar-refractivity contribution in [2.75, 3.05) is 39.2 Å². The summed E-state index contributed by atoms with van der Waals surface area (Å²) in [6.07, 6.45) is -0.227. The maximum Gasteiger partial charge on any atom is 0.254 e. The molecule has 1 atom stereocenters. The van der Waals surface area contributed by atoms with Gasteiger partial charge in [-0.25, -0.2) is 0 Å². The fourth-order valence-corrected chi connectivity index (χ4v) is 2.95. The standard InChI is InChI=1S/C19H23N3O3/c1-13-9-15(20-2)11-17(21-13)18-12-22(7-8-25-18)19(23)14-5-4-6-16(10-14)24-3/h4-6,9-11,18H,7-8,12H2,1-3H3,(H,20,21). The molecule has 1 fully saturated rings. The van der Waals surface area contributed by atoms with Crippen molar-refractivity contribution in [2.45, 2.75) is 13.0 Å². The first kappa shape index (κ1) is 17.2. The summed E-state index contributed by atoms with van der Waals surface area (Å²) in [5.41, 5.74) is 3.37. The minimum absolute atomic E-state index is 0.0197. The smallest absolute Gasteiger partial charge is 0.254 e. The maximum atomic E-state index is 12.8. The van der Waals surface area contributed by atoms with Crippen molar-refractivity contribution >= 4 is 11.6 Å². The van der Waals surface area contributed by atoms with Crippen molar-refractivity contribution in [3.63, 3.8) is 0 Å². The molecule has 1 unspecified atom stereocenters. The number of methoxy groups -OCH3 is 1.